The molecule has 0 heterocycles. The summed E-state index contributed by atoms with van der Waals surface area (Å²) in [7, 11) is 0. The minimum absolute atomic E-state index is 0.398. The molecular weight excluding hydrogens is 213 g/mol. The highest BCUT2D eigenvalue weighted by Gasteiger charge is 2.27. The molecule has 1 fully saturated rings. The van der Waals surface area contributed by atoms with Crippen LogP contribution >= 0.6 is 22.6 Å². The van der Waals surface area contributed by atoms with Gasteiger partial charge in [0.05, 0.1) is 6.07 Å². The van der Waals surface area contributed by atoms with Gasteiger partial charge in [-0.2, -0.15) is 5.26 Å². The lowest BCUT2D eigenvalue weighted by atomic mass is 9.77. The van der Waals surface area contributed by atoms with Crippen LogP contribution in [0.1, 0.15) is 12.8 Å². The Balaban J connectivity index is 2.14. The zero-order valence-corrected chi connectivity index (χ0v) is 6.76. The van der Waals surface area contributed by atoms with Crippen molar-refractivity contribution in [3.63, 3.8) is 0 Å². The van der Waals surface area contributed by atoms with Crippen LogP contribution in [0.15, 0.2) is 0 Å². The topological polar surface area (TPSA) is 23.8 Å². The number of rotatable bonds is 1. The Hall–Kier alpha value is 0.220. The number of hydrogen-bond acceptors (Lipinski definition) is 1. The van der Waals surface area contributed by atoms with Crippen LogP contribution < -0.4 is 0 Å². The van der Waals surface area contributed by atoms with E-state index in [0.29, 0.717) is 5.92 Å². The fourth-order valence-corrected chi connectivity index (χ4v) is 1.69. The molecular formula is C6H8IN. The van der Waals surface area contributed by atoms with E-state index in [0.717, 1.165) is 18.8 Å². The van der Waals surface area contributed by atoms with E-state index in [4.69, 9.17) is 5.26 Å². The van der Waals surface area contributed by atoms with Gasteiger partial charge in [0.1, 0.15) is 0 Å². The van der Waals surface area contributed by atoms with Crippen LogP contribution in [0.25, 0.3) is 0 Å². The Morgan fingerprint density at radius 3 is 2.62 bits per heavy atom. The smallest absolute Gasteiger partial charge is 0.0656 e. The van der Waals surface area contributed by atoms with Crippen molar-refractivity contribution in [1.82, 2.24) is 0 Å². The van der Waals surface area contributed by atoms with E-state index in [2.05, 4.69) is 28.7 Å². The third-order valence-corrected chi connectivity index (χ3v) is 2.88. The number of halogens is 1. The van der Waals surface area contributed by atoms with E-state index in [-0.39, 0.29) is 0 Å². The minimum Gasteiger partial charge on any atom is -0.198 e. The molecule has 1 rings (SSSR count). The van der Waals surface area contributed by atoms with Crippen molar-refractivity contribution in [2.24, 2.45) is 11.8 Å². The largest absolute Gasteiger partial charge is 0.198 e. The molecule has 0 aromatic heterocycles. The van der Waals surface area contributed by atoms with Gasteiger partial charge in [-0.15, -0.1) is 0 Å². The summed E-state index contributed by atoms with van der Waals surface area (Å²) in [6.07, 6.45) is 2.30. The molecule has 0 spiro atoms. The summed E-state index contributed by atoms with van der Waals surface area (Å²) < 4.78 is 1.23. The van der Waals surface area contributed by atoms with Gasteiger partial charge in [0.2, 0.25) is 0 Å². The molecule has 0 aliphatic heterocycles. The number of alkyl halides is 1. The third-order valence-electron chi connectivity index (χ3n) is 1.64. The highest BCUT2D eigenvalue weighted by molar-refractivity contribution is 14.1. The zero-order chi connectivity index (χ0) is 5.98. The second-order valence-corrected chi connectivity index (χ2v) is 3.20. The van der Waals surface area contributed by atoms with Crippen molar-refractivity contribution in [2.45, 2.75) is 12.8 Å². The molecule has 0 radical (unpaired) electrons. The van der Waals surface area contributed by atoms with Crippen molar-refractivity contribution < 1.29 is 0 Å². The molecule has 0 aromatic rings. The molecule has 1 nitrogen and oxygen atoms in total. The number of hydrogen-bond donors (Lipinski definition) is 0. The molecule has 0 unspecified atom stereocenters. The maximum Gasteiger partial charge on any atom is 0.0656 e. The summed E-state index contributed by atoms with van der Waals surface area (Å²) >= 11 is 2.38. The first-order chi connectivity index (χ1) is 3.86. The molecule has 0 amide bonds. The monoisotopic (exact) mass is 221 g/mol. The van der Waals surface area contributed by atoms with Gasteiger partial charge in [-0.3, -0.25) is 0 Å². The van der Waals surface area contributed by atoms with Crippen LogP contribution in [0.2, 0.25) is 0 Å². The lowest BCUT2D eigenvalue weighted by molar-refractivity contribution is 0.279. The lowest BCUT2D eigenvalue weighted by Crippen LogP contribution is -2.22. The average molecular weight is 221 g/mol. The fraction of sp³-hybridized carbons (Fsp3) is 0.833. The van der Waals surface area contributed by atoms with Crippen LogP contribution in [-0.2, 0) is 0 Å². The molecule has 0 saturated heterocycles. The molecule has 1 aliphatic carbocycles. The van der Waals surface area contributed by atoms with Gasteiger partial charge in [-0.25, -0.2) is 0 Å². The van der Waals surface area contributed by atoms with Crippen molar-refractivity contribution in [2.75, 3.05) is 4.43 Å². The molecule has 2 heteroatoms. The SMILES string of the molecule is N#C[C@H]1C[C@@H](CI)C1. The van der Waals surface area contributed by atoms with Crippen LogP contribution in [0.3, 0.4) is 0 Å². The lowest BCUT2D eigenvalue weighted by Gasteiger charge is -2.28. The minimum atomic E-state index is 0.398. The predicted molar refractivity (Wildman–Crippen MR) is 40.7 cm³/mol. The third kappa shape index (κ3) is 1.13. The Bertz CT molecular complexity index is 110. The molecule has 1 aliphatic rings. The van der Waals surface area contributed by atoms with Crippen molar-refractivity contribution in [1.29, 1.82) is 5.26 Å². The average Bonchev–Trinajstić information content (AvgIpc) is 1.65. The van der Waals surface area contributed by atoms with Crippen LogP contribution in [0.4, 0.5) is 0 Å². The second kappa shape index (κ2) is 2.67. The molecule has 0 N–H and O–H groups in total. The fourth-order valence-electron chi connectivity index (χ4n) is 0.967. The highest BCUT2D eigenvalue weighted by Crippen LogP contribution is 2.33. The Kier molecular flexibility index (Phi) is 2.12. The second-order valence-electron chi connectivity index (χ2n) is 2.32. The van der Waals surface area contributed by atoms with E-state index in [1.807, 2.05) is 0 Å². The van der Waals surface area contributed by atoms with Gasteiger partial charge in [-0.05, 0) is 18.8 Å². The van der Waals surface area contributed by atoms with Gasteiger partial charge in [-0.1, -0.05) is 22.6 Å². The Morgan fingerprint density at radius 2 is 2.25 bits per heavy atom. The molecule has 0 atom stereocenters. The Labute approximate surface area is 63.2 Å². The maximum atomic E-state index is 8.35. The zero-order valence-electron chi connectivity index (χ0n) is 4.60. The Morgan fingerprint density at radius 1 is 1.62 bits per heavy atom. The van der Waals surface area contributed by atoms with Gasteiger partial charge < -0.3 is 0 Å². The first-order valence-corrected chi connectivity index (χ1v) is 4.35. The predicted octanol–water partition coefficient (Wildman–Crippen LogP) is 1.97. The van der Waals surface area contributed by atoms with Crippen molar-refractivity contribution in [3.05, 3.63) is 0 Å². The summed E-state index contributed by atoms with van der Waals surface area (Å²) in [6.45, 7) is 0. The summed E-state index contributed by atoms with van der Waals surface area (Å²) in [5, 5.41) is 8.35. The van der Waals surface area contributed by atoms with Gasteiger partial charge >= 0.3 is 0 Å². The van der Waals surface area contributed by atoms with Gasteiger partial charge in [0.15, 0.2) is 0 Å². The van der Waals surface area contributed by atoms with E-state index < -0.39 is 0 Å². The maximum absolute atomic E-state index is 8.35. The first-order valence-electron chi connectivity index (χ1n) is 2.82. The summed E-state index contributed by atoms with van der Waals surface area (Å²) in [6, 6.07) is 2.26. The van der Waals surface area contributed by atoms with Gasteiger partial charge in [0.25, 0.3) is 0 Å². The molecule has 8 heavy (non-hydrogen) atoms. The van der Waals surface area contributed by atoms with Crippen LogP contribution in [-0.4, -0.2) is 4.43 Å². The number of nitriles is 1. The van der Waals surface area contributed by atoms with Gasteiger partial charge in [0, 0.05) is 10.3 Å². The standard InChI is InChI=1S/C6H8IN/c7-3-5-1-6(2-5)4-8/h5-6H,1-3H2/t5-,6+. The first kappa shape index (κ1) is 6.34. The summed E-state index contributed by atoms with van der Waals surface area (Å²) in [5.74, 6) is 1.26. The summed E-state index contributed by atoms with van der Waals surface area (Å²) in [5.41, 5.74) is 0. The van der Waals surface area contributed by atoms with E-state index in [9.17, 15) is 0 Å². The van der Waals surface area contributed by atoms with Crippen molar-refractivity contribution in [3.8, 4) is 6.07 Å². The number of nitrogens with zero attached hydrogens (tertiary/aromatic N) is 1. The normalized spacial score (nSPS) is 35.5. The quantitative estimate of drug-likeness (QED) is 0.490. The van der Waals surface area contributed by atoms with E-state index >= 15 is 0 Å². The van der Waals surface area contributed by atoms with Crippen LogP contribution in [0, 0.1) is 23.2 Å². The van der Waals surface area contributed by atoms with Crippen molar-refractivity contribution >= 4 is 22.6 Å². The molecule has 1 saturated carbocycles. The highest BCUT2D eigenvalue weighted by atomic mass is 127. The van der Waals surface area contributed by atoms with E-state index in [1.165, 1.54) is 4.43 Å². The summed E-state index contributed by atoms with van der Waals surface area (Å²) in [4.78, 5) is 0. The molecule has 44 valence electrons. The molecule has 0 aromatic carbocycles. The van der Waals surface area contributed by atoms with E-state index in [1.54, 1.807) is 0 Å². The van der Waals surface area contributed by atoms with Crippen LogP contribution in [0.5, 0.6) is 0 Å². The molecule has 0 bridgehead atoms.